The van der Waals surface area contributed by atoms with Crippen LogP contribution in [0.25, 0.3) is 0 Å². The monoisotopic (exact) mass is 281 g/mol. The highest BCUT2D eigenvalue weighted by Crippen LogP contribution is 2.37. The smallest absolute Gasteiger partial charge is 0.172 e. The maximum atomic E-state index is 14.0. The predicted molar refractivity (Wildman–Crippen MR) is 72.0 cm³/mol. The van der Waals surface area contributed by atoms with Gasteiger partial charge in [-0.1, -0.05) is 12.1 Å². The minimum Gasteiger partial charge on any atom is -0.486 e. The third kappa shape index (κ3) is 2.53. The molecule has 0 aromatic heterocycles. The van der Waals surface area contributed by atoms with E-state index in [2.05, 4.69) is 0 Å². The van der Waals surface area contributed by atoms with Crippen molar-refractivity contribution in [1.82, 2.24) is 0 Å². The molecule has 0 bridgehead atoms. The first kappa shape index (κ1) is 13.8. The SMILES string of the molecule is Cc1cccc(OC2CC3(CCC2N)OCCO3)c1F. The lowest BCUT2D eigenvalue weighted by Crippen LogP contribution is -2.51. The summed E-state index contributed by atoms with van der Waals surface area (Å²) in [5.74, 6) is -0.658. The normalized spacial score (nSPS) is 28.8. The van der Waals surface area contributed by atoms with E-state index in [-0.39, 0.29) is 23.7 Å². The minimum absolute atomic E-state index is 0.131. The van der Waals surface area contributed by atoms with Crippen LogP contribution < -0.4 is 10.5 Å². The average molecular weight is 281 g/mol. The first-order chi connectivity index (χ1) is 9.60. The summed E-state index contributed by atoms with van der Waals surface area (Å²) in [5, 5.41) is 0. The second-order valence-corrected chi connectivity index (χ2v) is 5.56. The summed E-state index contributed by atoms with van der Waals surface area (Å²) in [6.45, 7) is 2.91. The fraction of sp³-hybridized carbons (Fsp3) is 0.600. The second-order valence-electron chi connectivity index (χ2n) is 5.56. The van der Waals surface area contributed by atoms with E-state index in [4.69, 9.17) is 19.9 Å². The van der Waals surface area contributed by atoms with Crippen molar-refractivity contribution in [1.29, 1.82) is 0 Å². The van der Waals surface area contributed by atoms with E-state index >= 15 is 0 Å². The molecule has 20 heavy (non-hydrogen) atoms. The minimum atomic E-state index is -0.583. The van der Waals surface area contributed by atoms with Crippen LogP contribution in [-0.4, -0.2) is 31.1 Å². The molecule has 1 aromatic carbocycles. The summed E-state index contributed by atoms with van der Waals surface area (Å²) in [6.07, 6.45) is 1.77. The van der Waals surface area contributed by atoms with E-state index in [1.807, 2.05) is 0 Å². The zero-order chi connectivity index (χ0) is 14.2. The molecule has 2 aliphatic rings. The van der Waals surface area contributed by atoms with Crippen molar-refractivity contribution in [3.63, 3.8) is 0 Å². The molecule has 1 saturated carbocycles. The Bertz CT molecular complexity index is 488. The maximum absolute atomic E-state index is 14.0. The van der Waals surface area contributed by atoms with Gasteiger partial charge in [0.05, 0.1) is 13.2 Å². The Kier molecular flexibility index (Phi) is 3.67. The largest absolute Gasteiger partial charge is 0.486 e. The first-order valence-electron chi connectivity index (χ1n) is 7.05. The Morgan fingerprint density at radius 3 is 2.85 bits per heavy atom. The van der Waals surface area contributed by atoms with Gasteiger partial charge in [0.1, 0.15) is 6.10 Å². The molecular formula is C15H20FNO3. The Labute approximate surface area is 118 Å². The van der Waals surface area contributed by atoms with Crippen molar-refractivity contribution in [2.24, 2.45) is 5.73 Å². The number of halogens is 1. The van der Waals surface area contributed by atoms with Gasteiger partial charge in [-0.3, -0.25) is 0 Å². The van der Waals surface area contributed by atoms with Crippen LogP contribution in [0.2, 0.25) is 0 Å². The topological polar surface area (TPSA) is 53.7 Å². The van der Waals surface area contributed by atoms with Crippen LogP contribution in [0.3, 0.4) is 0 Å². The second kappa shape index (κ2) is 5.31. The van der Waals surface area contributed by atoms with E-state index in [0.29, 0.717) is 25.2 Å². The Morgan fingerprint density at radius 2 is 2.10 bits per heavy atom. The molecule has 2 atom stereocenters. The molecule has 2 fully saturated rings. The first-order valence-corrected chi connectivity index (χ1v) is 7.05. The highest BCUT2D eigenvalue weighted by atomic mass is 19.1. The van der Waals surface area contributed by atoms with Gasteiger partial charge in [-0.2, -0.15) is 0 Å². The third-order valence-corrected chi connectivity index (χ3v) is 4.10. The summed E-state index contributed by atoms with van der Waals surface area (Å²) < 4.78 is 31.2. The number of rotatable bonds is 2. The van der Waals surface area contributed by atoms with Gasteiger partial charge in [-0.25, -0.2) is 4.39 Å². The van der Waals surface area contributed by atoms with E-state index in [1.54, 1.807) is 25.1 Å². The van der Waals surface area contributed by atoms with Gasteiger partial charge >= 0.3 is 0 Å². The van der Waals surface area contributed by atoms with Crippen molar-refractivity contribution in [3.05, 3.63) is 29.6 Å². The average Bonchev–Trinajstić information content (AvgIpc) is 2.88. The molecule has 3 rings (SSSR count). The highest BCUT2D eigenvalue weighted by Gasteiger charge is 2.45. The van der Waals surface area contributed by atoms with Crippen LogP contribution in [0.4, 0.5) is 4.39 Å². The fourth-order valence-corrected chi connectivity index (χ4v) is 2.90. The van der Waals surface area contributed by atoms with E-state index < -0.39 is 5.79 Å². The van der Waals surface area contributed by atoms with Crippen LogP contribution in [0.15, 0.2) is 18.2 Å². The molecular weight excluding hydrogens is 261 g/mol. The number of benzene rings is 1. The van der Waals surface area contributed by atoms with Gasteiger partial charge in [0, 0.05) is 18.9 Å². The number of nitrogens with two attached hydrogens (primary N) is 1. The van der Waals surface area contributed by atoms with Crippen LogP contribution in [-0.2, 0) is 9.47 Å². The number of ether oxygens (including phenoxy) is 3. The summed E-state index contributed by atoms with van der Waals surface area (Å²) in [5.41, 5.74) is 6.67. The maximum Gasteiger partial charge on any atom is 0.172 e. The zero-order valence-electron chi connectivity index (χ0n) is 11.6. The Balaban J connectivity index is 1.76. The van der Waals surface area contributed by atoms with Crippen LogP contribution in [0.5, 0.6) is 5.75 Å². The van der Waals surface area contributed by atoms with Crippen molar-refractivity contribution >= 4 is 0 Å². The van der Waals surface area contributed by atoms with Gasteiger partial charge in [-0.05, 0) is 25.0 Å². The summed E-state index contributed by atoms with van der Waals surface area (Å²) in [6, 6.07) is 4.99. The predicted octanol–water partition coefficient (Wildman–Crippen LogP) is 2.14. The lowest BCUT2D eigenvalue weighted by molar-refractivity contribution is -0.195. The van der Waals surface area contributed by atoms with Crippen molar-refractivity contribution in [2.45, 2.75) is 44.1 Å². The number of hydrogen-bond donors (Lipinski definition) is 1. The van der Waals surface area contributed by atoms with E-state index in [0.717, 1.165) is 12.8 Å². The van der Waals surface area contributed by atoms with Crippen LogP contribution >= 0.6 is 0 Å². The molecule has 1 spiro atoms. The summed E-state index contributed by atoms with van der Waals surface area (Å²) >= 11 is 0. The molecule has 5 heteroatoms. The van der Waals surface area contributed by atoms with Crippen molar-refractivity contribution < 1.29 is 18.6 Å². The van der Waals surface area contributed by atoms with E-state index in [1.165, 1.54) is 0 Å². The quantitative estimate of drug-likeness (QED) is 0.902. The summed E-state index contributed by atoms with van der Waals surface area (Å²) in [7, 11) is 0. The van der Waals surface area contributed by atoms with Crippen molar-refractivity contribution in [3.8, 4) is 5.75 Å². The molecule has 4 nitrogen and oxygen atoms in total. The number of hydrogen-bond acceptors (Lipinski definition) is 4. The van der Waals surface area contributed by atoms with Gasteiger partial charge in [0.25, 0.3) is 0 Å². The zero-order valence-corrected chi connectivity index (χ0v) is 11.6. The van der Waals surface area contributed by atoms with E-state index in [9.17, 15) is 4.39 Å². The van der Waals surface area contributed by atoms with Crippen LogP contribution in [0.1, 0.15) is 24.8 Å². The lowest BCUT2D eigenvalue weighted by atomic mass is 9.88. The van der Waals surface area contributed by atoms with Gasteiger partial charge in [-0.15, -0.1) is 0 Å². The van der Waals surface area contributed by atoms with Crippen molar-refractivity contribution in [2.75, 3.05) is 13.2 Å². The van der Waals surface area contributed by atoms with Gasteiger partial charge in [0.15, 0.2) is 17.4 Å². The Morgan fingerprint density at radius 1 is 1.35 bits per heavy atom. The van der Waals surface area contributed by atoms with Gasteiger partial charge in [0.2, 0.25) is 0 Å². The molecule has 2 N–H and O–H groups in total. The molecule has 110 valence electrons. The molecule has 2 unspecified atom stereocenters. The molecule has 1 heterocycles. The molecule has 1 saturated heterocycles. The van der Waals surface area contributed by atoms with Crippen LogP contribution in [0, 0.1) is 12.7 Å². The third-order valence-electron chi connectivity index (χ3n) is 4.10. The van der Waals surface area contributed by atoms with Gasteiger partial charge < -0.3 is 19.9 Å². The lowest BCUT2D eigenvalue weighted by Gasteiger charge is -2.39. The fourth-order valence-electron chi connectivity index (χ4n) is 2.90. The Hall–Kier alpha value is -1.17. The standard InChI is InChI=1S/C15H20FNO3/c1-10-3-2-4-12(14(10)16)20-13-9-15(6-5-11(13)17)18-7-8-19-15/h2-4,11,13H,5-9,17H2,1H3. The molecule has 1 aliphatic heterocycles. The molecule has 1 aliphatic carbocycles. The molecule has 0 amide bonds. The highest BCUT2D eigenvalue weighted by molar-refractivity contribution is 5.30. The molecule has 1 aromatic rings. The summed E-state index contributed by atoms with van der Waals surface area (Å²) in [4.78, 5) is 0. The number of aryl methyl sites for hydroxylation is 1. The molecule has 0 radical (unpaired) electrons.